The highest BCUT2D eigenvalue weighted by atomic mass is 19.1. The van der Waals surface area contributed by atoms with Crippen LogP contribution in [0.2, 0.25) is 0 Å². The summed E-state index contributed by atoms with van der Waals surface area (Å²) in [5, 5.41) is 0. The van der Waals surface area contributed by atoms with Crippen LogP contribution >= 0.6 is 0 Å². The molecular weight excluding hydrogens is 209 g/mol. The molecule has 0 fully saturated rings. The molecule has 1 atom stereocenters. The molecule has 0 N–H and O–H groups in total. The van der Waals surface area contributed by atoms with Gasteiger partial charge in [0.1, 0.15) is 6.10 Å². The summed E-state index contributed by atoms with van der Waals surface area (Å²) in [4.78, 5) is 15.5. The maximum atomic E-state index is 13.3. The second kappa shape index (κ2) is 6.33. The fourth-order valence-electron chi connectivity index (χ4n) is 1.39. The molecule has 0 aliphatic heterocycles. The van der Waals surface area contributed by atoms with Gasteiger partial charge in [0.2, 0.25) is 0 Å². The van der Waals surface area contributed by atoms with Gasteiger partial charge in [0.15, 0.2) is 11.6 Å². The van der Waals surface area contributed by atoms with E-state index in [4.69, 9.17) is 4.74 Å². The zero-order valence-electron chi connectivity index (χ0n) is 9.57. The number of ether oxygens (including phenoxy) is 1. The van der Waals surface area contributed by atoms with Crippen LogP contribution in [-0.4, -0.2) is 23.5 Å². The first kappa shape index (κ1) is 12.8. The predicted molar refractivity (Wildman–Crippen MR) is 58.8 cm³/mol. The number of rotatable bonds is 6. The summed E-state index contributed by atoms with van der Waals surface area (Å²) in [5.74, 6) is -0.901. The molecule has 1 aromatic heterocycles. The molecule has 0 bridgehead atoms. The van der Waals surface area contributed by atoms with Gasteiger partial charge in [-0.3, -0.25) is 9.78 Å². The van der Waals surface area contributed by atoms with E-state index in [1.807, 2.05) is 13.8 Å². The molecule has 0 aliphatic rings. The van der Waals surface area contributed by atoms with E-state index in [1.165, 1.54) is 12.3 Å². The predicted octanol–water partition coefficient (Wildman–Crippen LogP) is 2.61. The van der Waals surface area contributed by atoms with Gasteiger partial charge in [0.25, 0.3) is 0 Å². The summed E-state index contributed by atoms with van der Waals surface area (Å²) in [7, 11) is 0. The molecule has 0 spiro atoms. The number of ketones is 1. The van der Waals surface area contributed by atoms with Crippen LogP contribution in [0.5, 0.6) is 0 Å². The Bertz CT molecular complexity index is 355. The molecule has 0 saturated carbocycles. The van der Waals surface area contributed by atoms with Crippen LogP contribution in [0.1, 0.15) is 37.0 Å². The average Bonchev–Trinajstić information content (AvgIpc) is 2.30. The molecule has 1 rings (SSSR count). The highest BCUT2D eigenvalue weighted by Gasteiger charge is 2.21. The van der Waals surface area contributed by atoms with Gasteiger partial charge in [0, 0.05) is 12.8 Å². The Hall–Kier alpha value is -1.29. The molecule has 3 nitrogen and oxygen atoms in total. The third-order valence-electron chi connectivity index (χ3n) is 2.22. The average molecular weight is 225 g/mol. The van der Waals surface area contributed by atoms with Gasteiger partial charge in [-0.25, -0.2) is 4.39 Å². The van der Waals surface area contributed by atoms with Crippen LogP contribution in [0.4, 0.5) is 4.39 Å². The number of carbonyl (C=O) groups is 1. The monoisotopic (exact) mass is 225 g/mol. The van der Waals surface area contributed by atoms with Crippen LogP contribution in [0.3, 0.4) is 0 Å². The molecule has 1 aromatic rings. The van der Waals surface area contributed by atoms with Crippen molar-refractivity contribution >= 4 is 5.78 Å². The van der Waals surface area contributed by atoms with Crippen LogP contribution in [0.25, 0.3) is 0 Å². The number of Topliss-reactive ketones (excluding diaryl/α,β-unsaturated/α-hetero) is 1. The lowest BCUT2D eigenvalue weighted by molar-refractivity contribution is 0.0395. The van der Waals surface area contributed by atoms with Gasteiger partial charge in [-0.05, 0) is 18.9 Å². The number of aromatic nitrogens is 1. The lowest BCUT2D eigenvalue weighted by atomic mass is 10.1. The first-order valence-electron chi connectivity index (χ1n) is 5.46. The fourth-order valence-corrected chi connectivity index (χ4v) is 1.39. The third-order valence-corrected chi connectivity index (χ3v) is 2.22. The Morgan fingerprint density at radius 1 is 1.56 bits per heavy atom. The van der Waals surface area contributed by atoms with Gasteiger partial charge < -0.3 is 4.74 Å². The van der Waals surface area contributed by atoms with Crippen LogP contribution in [0.15, 0.2) is 18.5 Å². The number of hydrogen-bond acceptors (Lipinski definition) is 3. The molecule has 1 heterocycles. The standard InChI is InChI=1S/C12H16FNO2/c1-3-7-16-11(4-2)12(15)9-5-6-14-8-10(9)13/h5-6,8,11H,3-4,7H2,1-2H3. The zero-order chi connectivity index (χ0) is 12.0. The Morgan fingerprint density at radius 3 is 2.88 bits per heavy atom. The summed E-state index contributed by atoms with van der Waals surface area (Å²) in [6.45, 7) is 4.32. The Balaban J connectivity index is 2.79. The van der Waals surface area contributed by atoms with E-state index in [0.29, 0.717) is 13.0 Å². The second-order valence-corrected chi connectivity index (χ2v) is 3.49. The van der Waals surface area contributed by atoms with Gasteiger partial charge >= 0.3 is 0 Å². The molecule has 1 unspecified atom stereocenters. The number of carbonyl (C=O) groups excluding carboxylic acids is 1. The van der Waals surface area contributed by atoms with Crippen molar-refractivity contribution in [1.29, 1.82) is 0 Å². The molecule has 0 amide bonds. The maximum absolute atomic E-state index is 13.3. The van der Waals surface area contributed by atoms with E-state index in [9.17, 15) is 9.18 Å². The van der Waals surface area contributed by atoms with Crippen molar-refractivity contribution in [1.82, 2.24) is 4.98 Å². The summed E-state index contributed by atoms with van der Waals surface area (Å²) in [5.41, 5.74) is 0.0537. The molecule has 0 aliphatic carbocycles. The largest absolute Gasteiger partial charge is 0.370 e. The molecule has 0 saturated heterocycles. The van der Waals surface area contributed by atoms with Gasteiger partial charge in [-0.1, -0.05) is 13.8 Å². The summed E-state index contributed by atoms with van der Waals surface area (Å²) in [6.07, 6.45) is 3.27. The highest BCUT2D eigenvalue weighted by Crippen LogP contribution is 2.12. The molecule has 88 valence electrons. The first-order chi connectivity index (χ1) is 7.70. The van der Waals surface area contributed by atoms with Crippen LogP contribution in [0, 0.1) is 5.82 Å². The van der Waals surface area contributed by atoms with E-state index < -0.39 is 11.9 Å². The molecule has 0 aromatic carbocycles. The summed E-state index contributed by atoms with van der Waals surface area (Å²) in [6, 6.07) is 1.38. The number of halogens is 1. The van der Waals surface area contributed by atoms with Crippen molar-refractivity contribution in [3.8, 4) is 0 Å². The minimum Gasteiger partial charge on any atom is -0.370 e. The van der Waals surface area contributed by atoms with Gasteiger partial charge in [-0.15, -0.1) is 0 Å². The maximum Gasteiger partial charge on any atom is 0.194 e. The van der Waals surface area contributed by atoms with Crippen LogP contribution < -0.4 is 0 Å². The first-order valence-corrected chi connectivity index (χ1v) is 5.46. The number of hydrogen-bond donors (Lipinski definition) is 0. The minimum atomic E-state index is -0.592. The second-order valence-electron chi connectivity index (χ2n) is 3.49. The van der Waals surface area contributed by atoms with Crippen molar-refractivity contribution in [2.45, 2.75) is 32.8 Å². The Kier molecular flexibility index (Phi) is 5.05. The van der Waals surface area contributed by atoms with Crippen LogP contribution in [-0.2, 0) is 4.74 Å². The van der Waals surface area contributed by atoms with E-state index in [0.717, 1.165) is 12.6 Å². The van der Waals surface area contributed by atoms with Crippen molar-refractivity contribution < 1.29 is 13.9 Å². The van der Waals surface area contributed by atoms with Crippen molar-refractivity contribution in [2.24, 2.45) is 0 Å². The van der Waals surface area contributed by atoms with E-state index in [2.05, 4.69) is 4.98 Å². The van der Waals surface area contributed by atoms with Crippen molar-refractivity contribution in [3.05, 3.63) is 29.8 Å². The van der Waals surface area contributed by atoms with Crippen molar-refractivity contribution in [2.75, 3.05) is 6.61 Å². The fraction of sp³-hybridized carbons (Fsp3) is 0.500. The molecule has 4 heteroatoms. The summed E-state index contributed by atoms with van der Waals surface area (Å²) >= 11 is 0. The SMILES string of the molecule is CCCOC(CC)C(=O)c1ccncc1F. The minimum absolute atomic E-state index is 0.0537. The Morgan fingerprint density at radius 2 is 2.31 bits per heavy atom. The summed E-state index contributed by atoms with van der Waals surface area (Å²) < 4.78 is 18.7. The highest BCUT2D eigenvalue weighted by molar-refractivity contribution is 5.99. The topological polar surface area (TPSA) is 39.2 Å². The Labute approximate surface area is 94.6 Å². The normalized spacial score (nSPS) is 12.4. The zero-order valence-corrected chi connectivity index (χ0v) is 9.57. The number of pyridine rings is 1. The lowest BCUT2D eigenvalue weighted by Gasteiger charge is -2.14. The van der Waals surface area contributed by atoms with Gasteiger partial charge in [-0.2, -0.15) is 0 Å². The lowest BCUT2D eigenvalue weighted by Crippen LogP contribution is -2.25. The smallest absolute Gasteiger partial charge is 0.194 e. The molecule has 0 radical (unpaired) electrons. The van der Waals surface area contributed by atoms with E-state index in [1.54, 1.807) is 0 Å². The number of nitrogens with zero attached hydrogens (tertiary/aromatic N) is 1. The molecule has 16 heavy (non-hydrogen) atoms. The van der Waals surface area contributed by atoms with Crippen molar-refractivity contribution in [3.63, 3.8) is 0 Å². The molecular formula is C12H16FNO2. The van der Waals surface area contributed by atoms with E-state index >= 15 is 0 Å². The quantitative estimate of drug-likeness (QED) is 0.698. The third kappa shape index (κ3) is 3.10. The van der Waals surface area contributed by atoms with E-state index in [-0.39, 0.29) is 11.3 Å². The van der Waals surface area contributed by atoms with Gasteiger partial charge in [0.05, 0.1) is 11.8 Å².